The number of hydrogen-bond donors (Lipinski definition) is 1. The Morgan fingerprint density at radius 1 is 1.31 bits per heavy atom. The van der Waals surface area contributed by atoms with E-state index >= 15 is 0 Å². The summed E-state index contributed by atoms with van der Waals surface area (Å²) in [6.45, 7) is 6.04. The molecule has 0 saturated carbocycles. The molecular formula is C10H12ClN5. The van der Waals surface area contributed by atoms with Gasteiger partial charge in [0.05, 0.1) is 0 Å². The molecule has 0 bridgehead atoms. The second-order valence-corrected chi connectivity index (χ2v) is 4.18. The quantitative estimate of drug-likeness (QED) is 0.815. The number of aryl methyl sites for hydroxylation is 1. The van der Waals surface area contributed by atoms with Crippen molar-refractivity contribution >= 4 is 11.6 Å². The van der Waals surface area contributed by atoms with Crippen LogP contribution in [0.4, 0.5) is 0 Å². The van der Waals surface area contributed by atoms with E-state index in [1.807, 2.05) is 6.92 Å². The van der Waals surface area contributed by atoms with Gasteiger partial charge in [0.2, 0.25) is 0 Å². The predicted molar refractivity (Wildman–Crippen MR) is 61.2 cm³/mol. The van der Waals surface area contributed by atoms with Crippen LogP contribution in [0.5, 0.6) is 0 Å². The molecule has 0 atom stereocenters. The largest absolute Gasteiger partial charge is 0.257 e. The molecule has 0 aliphatic carbocycles. The van der Waals surface area contributed by atoms with Crippen molar-refractivity contribution in [1.82, 2.24) is 25.1 Å². The van der Waals surface area contributed by atoms with Crippen LogP contribution < -0.4 is 0 Å². The first kappa shape index (κ1) is 11.0. The van der Waals surface area contributed by atoms with Gasteiger partial charge in [-0.15, -0.1) is 0 Å². The van der Waals surface area contributed by atoms with Crippen molar-refractivity contribution in [3.05, 3.63) is 22.7 Å². The maximum atomic E-state index is 6.13. The Balaban J connectivity index is 2.53. The van der Waals surface area contributed by atoms with Crippen molar-refractivity contribution in [3.8, 4) is 11.6 Å². The summed E-state index contributed by atoms with van der Waals surface area (Å²) in [6, 6.07) is 0. The summed E-state index contributed by atoms with van der Waals surface area (Å²) in [5, 5.41) is 6.95. The summed E-state index contributed by atoms with van der Waals surface area (Å²) >= 11 is 6.13. The topological polar surface area (TPSA) is 67.3 Å². The summed E-state index contributed by atoms with van der Waals surface area (Å²) < 4.78 is 0. The first-order valence-electron chi connectivity index (χ1n) is 4.99. The van der Waals surface area contributed by atoms with Gasteiger partial charge in [-0.1, -0.05) is 25.4 Å². The van der Waals surface area contributed by atoms with Crippen LogP contribution >= 0.6 is 11.6 Å². The van der Waals surface area contributed by atoms with E-state index in [1.54, 1.807) is 0 Å². The Labute approximate surface area is 98.3 Å². The Morgan fingerprint density at radius 3 is 2.56 bits per heavy atom. The van der Waals surface area contributed by atoms with Crippen LogP contribution in [0.1, 0.15) is 31.0 Å². The summed E-state index contributed by atoms with van der Waals surface area (Å²) in [7, 11) is 0. The molecule has 0 radical (unpaired) electrons. The highest BCUT2D eigenvalue weighted by molar-refractivity contribution is 6.30. The molecule has 0 amide bonds. The smallest absolute Gasteiger partial charge is 0.198 e. The molecule has 2 aromatic heterocycles. The molecule has 2 heterocycles. The Morgan fingerprint density at radius 2 is 2.06 bits per heavy atom. The highest BCUT2D eigenvalue weighted by atomic mass is 35.5. The highest BCUT2D eigenvalue weighted by Gasteiger charge is 2.15. The second kappa shape index (κ2) is 4.17. The standard InChI is InChI=1S/C10H12ClN5/c1-5(2)7-6(3)14-10(15-8(7)11)9-12-4-13-16-9/h4-5H,1-3H3,(H,12,13,16). The number of hydrogen-bond acceptors (Lipinski definition) is 4. The number of halogens is 1. The van der Waals surface area contributed by atoms with Gasteiger partial charge < -0.3 is 0 Å². The van der Waals surface area contributed by atoms with Crippen LogP contribution in [-0.2, 0) is 0 Å². The molecule has 2 rings (SSSR count). The van der Waals surface area contributed by atoms with Crippen LogP contribution in [0.2, 0.25) is 5.15 Å². The third kappa shape index (κ3) is 1.90. The Kier molecular flexibility index (Phi) is 2.87. The number of aromatic nitrogens is 5. The Hall–Kier alpha value is -1.49. The van der Waals surface area contributed by atoms with Crippen molar-refractivity contribution in [3.63, 3.8) is 0 Å². The minimum Gasteiger partial charge on any atom is -0.257 e. The average Bonchev–Trinajstić information content (AvgIpc) is 2.67. The van der Waals surface area contributed by atoms with E-state index in [4.69, 9.17) is 11.6 Å². The van der Waals surface area contributed by atoms with Crippen LogP contribution in [0.25, 0.3) is 11.6 Å². The van der Waals surface area contributed by atoms with E-state index in [0.29, 0.717) is 22.7 Å². The van der Waals surface area contributed by atoms with E-state index in [1.165, 1.54) is 6.33 Å². The third-order valence-corrected chi connectivity index (χ3v) is 2.58. The lowest BCUT2D eigenvalue weighted by molar-refractivity contribution is 0.829. The molecular weight excluding hydrogens is 226 g/mol. The van der Waals surface area contributed by atoms with E-state index in [2.05, 4.69) is 39.0 Å². The molecule has 0 spiro atoms. The third-order valence-electron chi connectivity index (χ3n) is 2.29. The normalized spacial score (nSPS) is 11.1. The van der Waals surface area contributed by atoms with Crippen LogP contribution in [0.15, 0.2) is 6.33 Å². The van der Waals surface area contributed by atoms with Crippen LogP contribution in [0, 0.1) is 6.92 Å². The molecule has 16 heavy (non-hydrogen) atoms. The van der Waals surface area contributed by atoms with E-state index in [-0.39, 0.29) is 0 Å². The number of H-pyrrole nitrogens is 1. The number of nitrogens with zero attached hydrogens (tertiary/aromatic N) is 4. The van der Waals surface area contributed by atoms with Gasteiger partial charge in [0.15, 0.2) is 11.6 Å². The number of aromatic amines is 1. The average molecular weight is 238 g/mol. The van der Waals surface area contributed by atoms with Crippen molar-refractivity contribution in [2.45, 2.75) is 26.7 Å². The molecule has 0 aliphatic rings. The zero-order chi connectivity index (χ0) is 11.7. The molecule has 5 nitrogen and oxygen atoms in total. The van der Waals surface area contributed by atoms with Crippen molar-refractivity contribution in [1.29, 1.82) is 0 Å². The molecule has 0 unspecified atom stereocenters. The molecule has 0 saturated heterocycles. The Bertz CT molecular complexity index is 469. The molecule has 1 N–H and O–H groups in total. The molecule has 6 heteroatoms. The maximum absolute atomic E-state index is 6.13. The fourth-order valence-electron chi connectivity index (χ4n) is 1.62. The zero-order valence-electron chi connectivity index (χ0n) is 9.32. The minimum absolute atomic E-state index is 0.302. The lowest BCUT2D eigenvalue weighted by Crippen LogP contribution is -2.02. The van der Waals surface area contributed by atoms with Crippen molar-refractivity contribution < 1.29 is 0 Å². The minimum atomic E-state index is 0.302. The van der Waals surface area contributed by atoms with Gasteiger partial charge in [-0.2, -0.15) is 5.10 Å². The second-order valence-electron chi connectivity index (χ2n) is 3.83. The van der Waals surface area contributed by atoms with Gasteiger partial charge in [-0.05, 0) is 12.8 Å². The van der Waals surface area contributed by atoms with Gasteiger partial charge in [0, 0.05) is 11.3 Å². The van der Waals surface area contributed by atoms with Gasteiger partial charge in [0.25, 0.3) is 0 Å². The van der Waals surface area contributed by atoms with Crippen LogP contribution in [0.3, 0.4) is 0 Å². The monoisotopic (exact) mass is 237 g/mol. The van der Waals surface area contributed by atoms with E-state index in [9.17, 15) is 0 Å². The van der Waals surface area contributed by atoms with E-state index in [0.717, 1.165) is 11.3 Å². The van der Waals surface area contributed by atoms with Crippen molar-refractivity contribution in [2.24, 2.45) is 0 Å². The fourth-order valence-corrected chi connectivity index (χ4v) is 2.06. The SMILES string of the molecule is Cc1nc(-c2ncn[nH]2)nc(Cl)c1C(C)C. The lowest BCUT2D eigenvalue weighted by atomic mass is 10.0. The predicted octanol–water partition coefficient (Wildman–Crippen LogP) is 2.35. The van der Waals surface area contributed by atoms with Crippen molar-refractivity contribution in [2.75, 3.05) is 0 Å². The van der Waals surface area contributed by atoms with Gasteiger partial charge in [0.1, 0.15) is 11.5 Å². The zero-order valence-corrected chi connectivity index (χ0v) is 10.1. The summed E-state index contributed by atoms with van der Waals surface area (Å²) in [5.41, 5.74) is 1.85. The summed E-state index contributed by atoms with van der Waals surface area (Å²) in [4.78, 5) is 12.6. The number of nitrogens with one attached hydrogen (secondary N) is 1. The summed E-state index contributed by atoms with van der Waals surface area (Å²) in [6.07, 6.45) is 1.41. The first-order valence-corrected chi connectivity index (χ1v) is 5.37. The lowest BCUT2D eigenvalue weighted by Gasteiger charge is -2.11. The molecule has 84 valence electrons. The fraction of sp³-hybridized carbons (Fsp3) is 0.400. The van der Waals surface area contributed by atoms with Gasteiger partial charge in [-0.3, -0.25) is 5.10 Å². The first-order chi connectivity index (χ1) is 7.59. The molecule has 2 aromatic rings. The maximum Gasteiger partial charge on any atom is 0.198 e. The van der Waals surface area contributed by atoms with Crippen LogP contribution in [-0.4, -0.2) is 25.1 Å². The molecule has 0 aromatic carbocycles. The molecule has 0 aliphatic heterocycles. The van der Waals surface area contributed by atoms with E-state index < -0.39 is 0 Å². The molecule has 0 fully saturated rings. The van der Waals surface area contributed by atoms with Gasteiger partial charge >= 0.3 is 0 Å². The van der Waals surface area contributed by atoms with Gasteiger partial charge in [-0.25, -0.2) is 15.0 Å². The number of rotatable bonds is 2. The highest BCUT2D eigenvalue weighted by Crippen LogP contribution is 2.26. The summed E-state index contributed by atoms with van der Waals surface area (Å²) in [5.74, 6) is 1.31.